The summed E-state index contributed by atoms with van der Waals surface area (Å²) >= 11 is 0. The summed E-state index contributed by atoms with van der Waals surface area (Å²) in [5, 5.41) is 6.64. The average molecular weight is 368 g/mol. The minimum absolute atomic E-state index is 0.00203. The quantitative estimate of drug-likeness (QED) is 0.634. The van der Waals surface area contributed by atoms with Crippen molar-refractivity contribution in [2.24, 2.45) is 4.99 Å². The maximum absolute atomic E-state index is 12.5. The first-order chi connectivity index (χ1) is 12.4. The zero-order valence-electron chi connectivity index (χ0n) is 15.1. The maximum atomic E-state index is 12.5. The van der Waals surface area contributed by atoms with Gasteiger partial charge in [0.2, 0.25) is 0 Å². The fraction of sp³-hybridized carbons (Fsp3) is 0.632. The number of alkyl halides is 3. The molecule has 0 bridgehead atoms. The second-order valence-corrected chi connectivity index (χ2v) is 7.22. The van der Waals surface area contributed by atoms with Gasteiger partial charge < -0.3 is 10.6 Å². The molecule has 1 aliphatic carbocycles. The van der Waals surface area contributed by atoms with E-state index in [4.69, 9.17) is 0 Å². The second-order valence-electron chi connectivity index (χ2n) is 7.22. The molecule has 1 aromatic rings. The second kappa shape index (κ2) is 8.29. The van der Waals surface area contributed by atoms with Gasteiger partial charge in [-0.2, -0.15) is 13.2 Å². The maximum Gasteiger partial charge on any atom is 0.401 e. The monoisotopic (exact) mass is 368 g/mol. The van der Waals surface area contributed by atoms with Gasteiger partial charge in [-0.3, -0.25) is 9.89 Å². The Morgan fingerprint density at radius 3 is 2.85 bits per heavy atom. The van der Waals surface area contributed by atoms with Gasteiger partial charge in [-0.25, -0.2) is 0 Å². The number of guanidine groups is 1. The smallest absolute Gasteiger partial charge is 0.356 e. The SMILES string of the molecule is CN=C(NCC1CCCc2ccccc21)NC1CCN(CC(F)(F)F)C1. The van der Waals surface area contributed by atoms with Crippen LogP contribution in [0, 0.1) is 0 Å². The van der Waals surface area contributed by atoms with Crippen molar-refractivity contribution in [3.05, 3.63) is 35.4 Å². The molecule has 7 heteroatoms. The van der Waals surface area contributed by atoms with Crippen LogP contribution in [0.1, 0.15) is 36.3 Å². The highest BCUT2D eigenvalue weighted by Crippen LogP contribution is 2.30. The van der Waals surface area contributed by atoms with E-state index in [-0.39, 0.29) is 6.04 Å². The van der Waals surface area contributed by atoms with Gasteiger partial charge in [-0.15, -0.1) is 0 Å². The summed E-state index contributed by atoms with van der Waals surface area (Å²) in [5.74, 6) is 1.12. The minimum Gasteiger partial charge on any atom is -0.356 e. The zero-order chi connectivity index (χ0) is 18.6. The highest BCUT2D eigenvalue weighted by atomic mass is 19.4. The first kappa shape index (κ1) is 19.0. The van der Waals surface area contributed by atoms with E-state index in [0.29, 0.717) is 31.4 Å². The molecular formula is C19H27F3N4. The molecule has 3 rings (SSSR count). The lowest BCUT2D eigenvalue weighted by molar-refractivity contribution is -0.143. The van der Waals surface area contributed by atoms with E-state index in [2.05, 4.69) is 39.9 Å². The number of hydrogen-bond acceptors (Lipinski definition) is 2. The number of aliphatic imine (C=N–C) groups is 1. The standard InChI is InChI=1S/C19H27F3N4/c1-23-18(25-16-9-10-26(12-16)13-19(20,21)22)24-11-15-7-4-6-14-5-2-3-8-17(14)15/h2-3,5,8,15-16H,4,6-7,9-13H2,1H3,(H2,23,24,25). The molecule has 2 atom stereocenters. The van der Waals surface area contributed by atoms with Crippen LogP contribution < -0.4 is 10.6 Å². The van der Waals surface area contributed by atoms with Crippen molar-refractivity contribution in [3.8, 4) is 0 Å². The molecule has 1 saturated heterocycles. The van der Waals surface area contributed by atoms with Crippen molar-refractivity contribution >= 4 is 5.96 Å². The van der Waals surface area contributed by atoms with E-state index < -0.39 is 12.7 Å². The number of likely N-dealkylation sites (tertiary alicyclic amines) is 1. The normalized spacial score (nSPS) is 24.4. The van der Waals surface area contributed by atoms with Crippen molar-refractivity contribution < 1.29 is 13.2 Å². The lowest BCUT2D eigenvalue weighted by Crippen LogP contribution is -2.46. The van der Waals surface area contributed by atoms with E-state index >= 15 is 0 Å². The molecule has 1 aromatic carbocycles. The predicted molar refractivity (Wildman–Crippen MR) is 97.5 cm³/mol. The summed E-state index contributed by atoms with van der Waals surface area (Å²) in [7, 11) is 1.70. The van der Waals surface area contributed by atoms with Crippen LogP contribution in [0.25, 0.3) is 0 Å². The van der Waals surface area contributed by atoms with Crippen LogP contribution in [0.2, 0.25) is 0 Å². The highest BCUT2D eigenvalue weighted by Gasteiger charge is 2.34. The molecule has 0 aromatic heterocycles. The molecule has 0 spiro atoms. The summed E-state index contributed by atoms with van der Waals surface area (Å²) < 4.78 is 37.5. The average Bonchev–Trinajstić information content (AvgIpc) is 3.03. The first-order valence-electron chi connectivity index (χ1n) is 9.28. The number of nitrogens with zero attached hydrogens (tertiary/aromatic N) is 2. The molecule has 0 amide bonds. The lowest BCUT2D eigenvalue weighted by atomic mass is 9.83. The lowest BCUT2D eigenvalue weighted by Gasteiger charge is -2.27. The van der Waals surface area contributed by atoms with Crippen LogP contribution >= 0.6 is 0 Å². The Balaban J connectivity index is 1.49. The molecule has 0 radical (unpaired) electrons. The fourth-order valence-electron chi connectivity index (χ4n) is 4.02. The Bertz CT molecular complexity index is 629. The van der Waals surface area contributed by atoms with Gasteiger partial charge in [0, 0.05) is 38.6 Å². The van der Waals surface area contributed by atoms with Gasteiger partial charge in [0.05, 0.1) is 6.54 Å². The molecule has 1 aliphatic heterocycles. The molecule has 1 heterocycles. The van der Waals surface area contributed by atoms with Crippen LogP contribution in [0.5, 0.6) is 0 Å². The third-order valence-corrected chi connectivity index (χ3v) is 5.25. The Labute approximate surface area is 152 Å². The molecule has 0 saturated carbocycles. The van der Waals surface area contributed by atoms with Gasteiger partial charge >= 0.3 is 6.18 Å². The van der Waals surface area contributed by atoms with Gasteiger partial charge in [0.1, 0.15) is 0 Å². The van der Waals surface area contributed by atoms with Crippen LogP contribution in [0.15, 0.2) is 29.3 Å². The van der Waals surface area contributed by atoms with Crippen LogP contribution in [-0.2, 0) is 6.42 Å². The van der Waals surface area contributed by atoms with E-state index in [1.54, 1.807) is 7.05 Å². The summed E-state index contributed by atoms with van der Waals surface area (Å²) in [4.78, 5) is 5.69. The van der Waals surface area contributed by atoms with Crippen molar-refractivity contribution in [1.82, 2.24) is 15.5 Å². The third kappa shape index (κ3) is 5.13. The molecule has 144 valence electrons. The molecule has 2 aliphatic rings. The predicted octanol–water partition coefficient (Wildman–Crippen LogP) is 2.91. The van der Waals surface area contributed by atoms with E-state index in [0.717, 1.165) is 19.4 Å². The summed E-state index contributed by atoms with van der Waals surface area (Å²) in [6.07, 6.45) is 0.0250. The third-order valence-electron chi connectivity index (χ3n) is 5.25. The summed E-state index contributed by atoms with van der Waals surface area (Å²) in [5.41, 5.74) is 2.83. The zero-order valence-corrected chi connectivity index (χ0v) is 15.1. The molecular weight excluding hydrogens is 341 g/mol. The van der Waals surface area contributed by atoms with Crippen molar-refractivity contribution in [2.75, 3.05) is 33.2 Å². The van der Waals surface area contributed by atoms with Gasteiger partial charge in [-0.05, 0) is 36.8 Å². The minimum atomic E-state index is -4.14. The van der Waals surface area contributed by atoms with Gasteiger partial charge in [-0.1, -0.05) is 24.3 Å². The number of fused-ring (bicyclic) bond motifs is 1. The molecule has 4 nitrogen and oxygen atoms in total. The first-order valence-corrected chi connectivity index (χ1v) is 9.28. The number of halogens is 3. The number of rotatable bonds is 4. The Hall–Kier alpha value is -1.76. The van der Waals surface area contributed by atoms with Crippen molar-refractivity contribution in [1.29, 1.82) is 0 Å². The fourth-order valence-corrected chi connectivity index (χ4v) is 4.02. The van der Waals surface area contributed by atoms with Crippen molar-refractivity contribution in [3.63, 3.8) is 0 Å². The van der Waals surface area contributed by atoms with Gasteiger partial charge in [0.15, 0.2) is 5.96 Å². The Kier molecular flexibility index (Phi) is 6.06. The van der Waals surface area contributed by atoms with E-state index in [9.17, 15) is 13.2 Å². The number of hydrogen-bond donors (Lipinski definition) is 2. The number of nitrogens with one attached hydrogen (secondary N) is 2. The summed E-state index contributed by atoms with van der Waals surface area (Å²) in [6.45, 7) is 0.808. The van der Waals surface area contributed by atoms with E-state index in [1.807, 2.05) is 0 Å². The highest BCUT2D eigenvalue weighted by molar-refractivity contribution is 5.80. The summed E-state index contributed by atoms with van der Waals surface area (Å²) in [6, 6.07) is 8.56. The Morgan fingerprint density at radius 2 is 2.08 bits per heavy atom. The van der Waals surface area contributed by atoms with Crippen molar-refractivity contribution in [2.45, 2.75) is 43.8 Å². The van der Waals surface area contributed by atoms with Crippen LogP contribution in [-0.4, -0.2) is 56.3 Å². The van der Waals surface area contributed by atoms with E-state index in [1.165, 1.54) is 22.4 Å². The van der Waals surface area contributed by atoms with Gasteiger partial charge in [0.25, 0.3) is 0 Å². The number of benzene rings is 1. The topological polar surface area (TPSA) is 39.7 Å². The molecule has 2 N–H and O–H groups in total. The Morgan fingerprint density at radius 1 is 1.27 bits per heavy atom. The number of aryl methyl sites for hydroxylation is 1. The van der Waals surface area contributed by atoms with Crippen LogP contribution in [0.3, 0.4) is 0 Å². The largest absolute Gasteiger partial charge is 0.401 e. The molecule has 26 heavy (non-hydrogen) atoms. The van der Waals surface area contributed by atoms with Crippen LogP contribution in [0.4, 0.5) is 13.2 Å². The molecule has 1 fully saturated rings. The molecule has 2 unspecified atom stereocenters.